The summed E-state index contributed by atoms with van der Waals surface area (Å²) in [6, 6.07) is 0. The average Bonchev–Trinajstić information content (AvgIpc) is 1.86. The molecule has 0 saturated carbocycles. The second-order valence-electron chi connectivity index (χ2n) is 3.03. The molecular weight excluding hydrogens is 136 g/mol. The molecule has 0 fully saturated rings. The Morgan fingerprint density at radius 3 is 2.45 bits per heavy atom. The van der Waals surface area contributed by atoms with Crippen LogP contribution in [-0.2, 0) is 0 Å². The van der Waals surface area contributed by atoms with Gasteiger partial charge in [0.1, 0.15) is 0 Å². The van der Waals surface area contributed by atoms with E-state index in [0.717, 1.165) is 17.6 Å². The van der Waals surface area contributed by atoms with Crippen molar-refractivity contribution in [3.05, 3.63) is 23.8 Å². The highest BCUT2D eigenvalue weighted by molar-refractivity contribution is 5.08. The molecule has 11 heavy (non-hydrogen) atoms. The summed E-state index contributed by atoms with van der Waals surface area (Å²) in [5, 5.41) is 9.49. The van der Waals surface area contributed by atoms with Gasteiger partial charge in [0, 0.05) is 0 Å². The molecule has 0 saturated heterocycles. The summed E-state index contributed by atoms with van der Waals surface area (Å²) in [6.45, 7) is 9.71. The van der Waals surface area contributed by atoms with Crippen molar-refractivity contribution in [1.29, 1.82) is 0 Å². The van der Waals surface area contributed by atoms with Crippen LogP contribution < -0.4 is 0 Å². The van der Waals surface area contributed by atoms with Gasteiger partial charge in [0.05, 0.1) is 6.10 Å². The summed E-state index contributed by atoms with van der Waals surface area (Å²) in [6.07, 6.45) is 3.39. The maximum absolute atomic E-state index is 9.49. The quantitative estimate of drug-likeness (QED) is 0.617. The van der Waals surface area contributed by atoms with Crippen molar-refractivity contribution in [3.8, 4) is 0 Å². The van der Waals surface area contributed by atoms with Crippen molar-refractivity contribution in [1.82, 2.24) is 0 Å². The van der Waals surface area contributed by atoms with E-state index >= 15 is 0 Å². The van der Waals surface area contributed by atoms with Gasteiger partial charge in [-0.2, -0.15) is 0 Å². The Labute approximate surface area is 69.4 Å². The molecule has 0 radical (unpaired) electrons. The van der Waals surface area contributed by atoms with Crippen LogP contribution in [0.4, 0.5) is 0 Å². The van der Waals surface area contributed by atoms with Crippen molar-refractivity contribution in [3.63, 3.8) is 0 Å². The predicted molar refractivity (Wildman–Crippen MR) is 49.5 cm³/mol. The van der Waals surface area contributed by atoms with Gasteiger partial charge >= 0.3 is 0 Å². The molecular formula is C10H18O. The van der Waals surface area contributed by atoms with Crippen LogP contribution >= 0.6 is 0 Å². The van der Waals surface area contributed by atoms with E-state index in [4.69, 9.17) is 0 Å². The Morgan fingerprint density at radius 1 is 1.55 bits per heavy atom. The summed E-state index contributed by atoms with van der Waals surface area (Å²) in [5.74, 6) is 0. The van der Waals surface area contributed by atoms with Gasteiger partial charge < -0.3 is 5.11 Å². The Kier molecular flexibility index (Phi) is 4.88. The Balaban J connectivity index is 3.92. The minimum absolute atomic E-state index is 0.326. The largest absolute Gasteiger partial charge is 0.388 e. The molecule has 0 aliphatic carbocycles. The van der Waals surface area contributed by atoms with Crippen LogP contribution in [0.3, 0.4) is 0 Å². The number of hydrogen-bond acceptors (Lipinski definition) is 1. The van der Waals surface area contributed by atoms with Gasteiger partial charge in [-0.25, -0.2) is 0 Å². The highest BCUT2D eigenvalue weighted by atomic mass is 16.3. The first-order valence-electron chi connectivity index (χ1n) is 4.07. The van der Waals surface area contributed by atoms with E-state index < -0.39 is 0 Å². The zero-order valence-electron chi connectivity index (χ0n) is 7.72. The average molecular weight is 154 g/mol. The fourth-order valence-corrected chi connectivity index (χ4v) is 0.949. The summed E-state index contributed by atoms with van der Waals surface area (Å²) in [5.41, 5.74) is 2.08. The third kappa shape index (κ3) is 4.79. The number of hydrogen-bond donors (Lipinski definition) is 1. The summed E-state index contributed by atoms with van der Waals surface area (Å²) >= 11 is 0. The van der Waals surface area contributed by atoms with E-state index in [9.17, 15) is 5.11 Å². The highest BCUT2D eigenvalue weighted by Gasteiger charge is 2.04. The second-order valence-corrected chi connectivity index (χ2v) is 3.03. The minimum Gasteiger partial charge on any atom is -0.388 e. The Morgan fingerprint density at radius 2 is 2.09 bits per heavy atom. The molecule has 64 valence electrons. The number of rotatable bonds is 4. The van der Waals surface area contributed by atoms with Gasteiger partial charge in [-0.15, -0.1) is 6.58 Å². The molecule has 0 aromatic carbocycles. The lowest BCUT2D eigenvalue weighted by atomic mass is 10.0. The molecule has 1 N–H and O–H groups in total. The molecule has 1 unspecified atom stereocenters. The molecule has 0 aliphatic heterocycles. The van der Waals surface area contributed by atoms with Gasteiger partial charge in [-0.3, -0.25) is 0 Å². The van der Waals surface area contributed by atoms with Crippen LogP contribution in [0.25, 0.3) is 0 Å². The molecule has 0 rings (SSSR count). The van der Waals surface area contributed by atoms with E-state index in [1.54, 1.807) is 0 Å². The van der Waals surface area contributed by atoms with Gasteiger partial charge in [0.25, 0.3) is 0 Å². The molecule has 0 aliphatic rings. The summed E-state index contributed by atoms with van der Waals surface area (Å²) < 4.78 is 0. The maximum Gasteiger partial charge on any atom is 0.0784 e. The van der Waals surface area contributed by atoms with E-state index in [1.807, 2.05) is 19.9 Å². The van der Waals surface area contributed by atoms with Gasteiger partial charge in [0.15, 0.2) is 0 Å². The molecule has 0 spiro atoms. The third-order valence-corrected chi connectivity index (χ3v) is 1.59. The zero-order chi connectivity index (χ0) is 8.85. The van der Waals surface area contributed by atoms with E-state index in [1.165, 1.54) is 0 Å². The van der Waals surface area contributed by atoms with Crippen LogP contribution in [0.15, 0.2) is 23.8 Å². The molecule has 0 amide bonds. The lowest BCUT2D eigenvalue weighted by molar-refractivity contribution is 0.211. The van der Waals surface area contributed by atoms with E-state index in [0.29, 0.717) is 6.42 Å². The Hall–Kier alpha value is -0.560. The SMILES string of the molecule is C=C(C)CC(O)/C(C)=C/CC. The van der Waals surface area contributed by atoms with E-state index in [2.05, 4.69) is 13.5 Å². The van der Waals surface area contributed by atoms with Gasteiger partial charge in [0.2, 0.25) is 0 Å². The number of aliphatic hydroxyl groups is 1. The first kappa shape index (κ1) is 10.4. The highest BCUT2D eigenvalue weighted by Crippen LogP contribution is 2.10. The fraction of sp³-hybridized carbons (Fsp3) is 0.600. The van der Waals surface area contributed by atoms with Crippen molar-refractivity contribution in [2.45, 2.75) is 39.7 Å². The molecule has 1 heteroatoms. The van der Waals surface area contributed by atoms with Crippen LogP contribution in [0.1, 0.15) is 33.6 Å². The first-order valence-corrected chi connectivity index (χ1v) is 4.07. The fourth-order valence-electron chi connectivity index (χ4n) is 0.949. The van der Waals surface area contributed by atoms with Gasteiger partial charge in [-0.05, 0) is 32.3 Å². The van der Waals surface area contributed by atoms with Crippen molar-refractivity contribution >= 4 is 0 Å². The van der Waals surface area contributed by atoms with E-state index in [-0.39, 0.29) is 6.10 Å². The molecule has 0 aromatic heterocycles. The number of allylic oxidation sites excluding steroid dienone is 1. The van der Waals surface area contributed by atoms with Crippen LogP contribution in [-0.4, -0.2) is 11.2 Å². The van der Waals surface area contributed by atoms with Crippen LogP contribution in [0.5, 0.6) is 0 Å². The monoisotopic (exact) mass is 154 g/mol. The smallest absolute Gasteiger partial charge is 0.0784 e. The second kappa shape index (κ2) is 5.14. The molecule has 1 atom stereocenters. The summed E-state index contributed by atoms with van der Waals surface area (Å²) in [7, 11) is 0. The normalized spacial score (nSPS) is 14.7. The first-order chi connectivity index (χ1) is 5.07. The molecule has 0 bridgehead atoms. The van der Waals surface area contributed by atoms with Crippen molar-refractivity contribution in [2.24, 2.45) is 0 Å². The molecule has 0 aromatic rings. The molecule has 1 nitrogen and oxygen atoms in total. The van der Waals surface area contributed by atoms with Crippen LogP contribution in [0, 0.1) is 0 Å². The lowest BCUT2D eigenvalue weighted by Gasteiger charge is -2.10. The minimum atomic E-state index is -0.326. The third-order valence-electron chi connectivity index (χ3n) is 1.59. The van der Waals surface area contributed by atoms with Gasteiger partial charge in [-0.1, -0.05) is 18.6 Å². The van der Waals surface area contributed by atoms with Crippen molar-refractivity contribution < 1.29 is 5.11 Å². The summed E-state index contributed by atoms with van der Waals surface area (Å²) in [4.78, 5) is 0. The Bertz CT molecular complexity index is 156. The van der Waals surface area contributed by atoms with Crippen molar-refractivity contribution in [2.75, 3.05) is 0 Å². The maximum atomic E-state index is 9.49. The zero-order valence-corrected chi connectivity index (χ0v) is 7.72. The molecule has 0 heterocycles. The lowest BCUT2D eigenvalue weighted by Crippen LogP contribution is -2.07. The number of aliphatic hydroxyl groups excluding tert-OH is 1. The topological polar surface area (TPSA) is 20.2 Å². The standard InChI is InChI=1S/C10H18O/c1-5-6-9(4)10(11)7-8(2)3/h6,10-11H,2,5,7H2,1,3-4H3/b9-6+. The van der Waals surface area contributed by atoms with Crippen LogP contribution in [0.2, 0.25) is 0 Å². The predicted octanol–water partition coefficient (Wildman–Crippen LogP) is 2.67.